The lowest BCUT2D eigenvalue weighted by Gasteiger charge is -2.67. The van der Waals surface area contributed by atoms with E-state index in [1.165, 1.54) is 50.7 Å². The minimum Gasteiger partial charge on any atom is -0.505 e. The first-order valence-electron chi connectivity index (χ1n) is 29.5. The molecule has 0 unspecified atom stereocenters. The Morgan fingerprint density at radius 1 is 0.843 bits per heavy atom. The van der Waals surface area contributed by atoms with E-state index in [4.69, 9.17) is 32.8 Å². The number of aromatic carboxylic acids is 1. The molecule has 2 aromatic carbocycles. The van der Waals surface area contributed by atoms with E-state index in [0.29, 0.717) is 0 Å². The number of aromatic hydroxyl groups is 1. The van der Waals surface area contributed by atoms with Gasteiger partial charge < -0.3 is 69.0 Å². The molecule has 0 bridgehead atoms. The second-order valence-corrected chi connectivity index (χ2v) is 26.2. The van der Waals surface area contributed by atoms with E-state index in [1.807, 2.05) is 13.8 Å². The van der Waals surface area contributed by atoms with Crippen LogP contribution in [0.1, 0.15) is 101 Å². The van der Waals surface area contributed by atoms with Crippen molar-refractivity contribution in [3.8, 4) is 28.2 Å². The van der Waals surface area contributed by atoms with Gasteiger partial charge in [0.2, 0.25) is 17.1 Å². The van der Waals surface area contributed by atoms with Gasteiger partial charge in [-0.1, -0.05) is 32.1 Å². The van der Waals surface area contributed by atoms with E-state index in [9.17, 15) is 72.7 Å². The number of aryl methyl sites for hydroxylation is 1. The molecule has 27 heteroatoms. The van der Waals surface area contributed by atoms with Crippen molar-refractivity contribution in [2.24, 2.45) is 57.7 Å². The third-order valence-electron chi connectivity index (χ3n) is 21.7. The number of benzene rings is 3. The summed E-state index contributed by atoms with van der Waals surface area (Å²) in [7, 11) is 0. The van der Waals surface area contributed by atoms with Crippen LogP contribution in [0.4, 0.5) is 8.78 Å². The van der Waals surface area contributed by atoms with Crippen molar-refractivity contribution in [3.05, 3.63) is 87.3 Å². The quantitative estimate of drug-likeness (QED) is 0.0384. The molecule has 25 nitrogen and oxygen atoms in total. The number of carboxylic acid groups (broad SMARTS) is 1. The molecule has 13 rings (SSSR count). The summed E-state index contributed by atoms with van der Waals surface area (Å²) in [6, 6.07) is 5.94. The Morgan fingerprint density at radius 3 is 2.25 bits per heavy atom. The van der Waals surface area contributed by atoms with Crippen molar-refractivity contribution < 1.29 is 101 Å². The predicted octanol–water partition coefficient (Wildman–Crippen LogP) is 3.53. The molecule has 3 saturated heterocycles. The summed E-state index contributed by atoms with van der Waals surface area (Å²) in [4.78, 5) is 107. The van der Waals surface area contributed by atoms with Gasteiger partial charge in [0.15, 0.2) is 23.0 Å². The molecule has 5 saturated carbocycles. The molecule has 3 aromatic rings. The standard InChI is InChI=1S/C62H65F2N5O20/c1-22-43-46(60(7)61(8,82)57(81)89-62(60)52(22)88-62)49(77)44-42-45(51(83-23(2)70)54(59(43,44)6)85-25(4)72)58(5)32(17-39-50(87-39)53(58)84-24(3)71)47(48(42)76)66-40(75)10-9-13-69-21-27(67-68-69)20-65-55(78)26-11-12-28(29(14-26)56(79)80)41-30-15-33(63)35(73)18-37(30)86-38-19-36(74)34(64)16-31(38)41/h11-12,14-16,18-19,21-22,32,39,42-54,73,76-77,82H,9-10,13,17,20H2,1-8H3,(H,65,78)(H,66,75)(H,79,80)/t22-,32+,39-,42-,43-,44+,45+,46-,47-,48+,49+,50-,51-,52+,53-,54-,58-,59+,60-,61+,62-/m0/s1. The van der Waals surface area contributed by atoms with Crippen molar-refractivity contribution in [2.45, 2.75) is 154 Å². The van der Waals surface area contributed by atoms with Crippen LogP contribution in [0.5, 0.6) is 5.75 Å². The average Bonchev–Trinajstić information content (AvgIpc) is 1.46. The normalized spacial score (nSPS) is 38.3. The lowest BCUT2D eigenvalue weighted by Crippen LogP contribution is -2.77. The average molecular weight is 1240 g/mol. The lowest BCUT2D eigenvalue weighted by molar-refractivity contribution is -0.286. The molecule has 8 fully saturated rings. The smallest absolute Gasteiger partial charge is 0.341 e. The number of esters is 4. The van der Waals surface area contributed by atoms with Gasteiger partial charge >= 0.3 is 29.8 Å². The molecular weight excluding hydrogens is 1170 g/mol. The highest BCUT2D eigenvalue weighted by atomic mass is 19.1. The van der Waals surface area contributed by atoms with Crippen LogP contribution in [0.3, 0.4) is 0 Å². The summed E-state index contributed by atoms with van der Waals surface area (Å²) in [5.41, 5.74) is -8.38. The Labute approximate surface area is 504 Å². The summed E-state index contributed by atoms with van der Waals surface area (Å²) in [5, 5.41) is 73.5. The summed E-state index contributed by atoms with van der Waals surface area (Å²) >= 11 is 0. The van der Waals surface area contributed by atoms with E-state index < -0.39 is 194 Å². The Hall–Kier alpha value is -7.98. The van der Waals surface area contributed by atoms with E-state index in [2.05, 4.69) is 20.9 Å². The Kier molecular flexibility index (Phi) is 13.7. The minimum atomic E-state index is -2.22. The first kappa shape index (κ1) is 60.0. The van der Waals surface area contributed by atoms with Gasteiger partial charge in [-0.15, -0.1) is 5.10 Å². The number of halogens is 2. The molecule has 10 aliphatic rings. The number of carbonyl (C=O) groups excluding carboxylic acids is 6. The van der Waals surface area contributed by atoms with Gasteiger partial charge in [0, 0.05) is 96.5 Å². The number of carboxylic acids is 1. The number of phenolic OH excluding ortho intramolecular Hbond substituents is 1. The first-order chi connectivity index (χ1) is 41.9. The second kappa shape index (κ2) is 20.3. The van der Waals surface area contributed by atoms with Gasteiger partial charge in [0.1, 0.15) is 47.6 Å². The van der Waals surface area contributed by atoms with Crippen LogP contribution >= 0.6 is 0 Å². The highest BCUT2D eigenvalue weighted by molar-refractivity contribution is 6.09. The Balaban J connectivity index is 0.753. The van der Waals surface area contributed by atoms with Crippen molar-refractivity contribution in [1.82, 2.24) is 25.6 Å². The third kappa shape index (κ3) is 8.53. The number of rotatable bonds is 13. The number of epoxide rings is 2. The summed E-state index contributed by atoms with van der Waals surface area (Å²) in [6.45, 7) is 11.9. The number of aliphatic hydroxyl groups is 3. The first-order valence-corrected chi connectivity index (χ1v) is 29.5. The maximum Gasteiger partial charge on any atom is 0.341 e. The van der Waals surface area contributed by atoms with Crippen LogP contribution < -0.4 is 16.1 Å². The number of ether oxygens (including phenoxy) is 6. The van der Waals surface area contributed by atoms with Gasteiger partial charge in [-0.3, -0.25) is 33.4 Å². The Bertz CT molecular complexity index is 3930. The fourth-order valence-corrected chi connectivity index (χ4v) is 18.1. The maximum absolute atomic E-state index is 14.8. The van der Waals surface area contributed by atoms with E-state index in [-0.39, 0.29) is 77.0 Å². The van der Waals surface area contributed by atoms with Gasteiger partial charge in [0.05, 0.1) is 48.1 Å². The molecular formula is C62H65F2N5O20. The molecule has 472 valence electrons. The zero-order chi connectivity index (χ0) is 63.8. The Morgan fingerprint density at radius 2 is 1.55 bits per heavy atom. The molecule has 89 heavy (non-hydrogen) atoms. The number of nitrogens with one attached hydrogen (secondary N) is 2. The number of amides is 2. The van der Waals surface area contributed by atoms with Crippen molar-refractivity contribution in [1.29, 1.82) is 0 Å². The summed E-state index contributed by atoms with van der Waals surface area (Å²) in [5.74, 6) is -17.3. The minimum absolute atomic E-state index is 0.0512. The topological polar surface area (TPSA) is 368 Å². The van der Waals surface area contributed by atoms with Crippen molar-refractivity contribution in [3.63, 3.8) is 0 Å². The number of hydrogen-bond donors (Lipinski definition) is 7. The molecule has 7 N–H and O–H groups in total. The zero-order valence-corrected chi connectivity index (χ0v) is 49.3. The number of aromatic nitrogens is 3. The molecule has 1 spiro atoms. The van der Waals surface area contributed by atoms with Crippen LogP contribution in [0.25, 0.3) is 33.4 Å². The monoisotopic (exact) mass is 1240 g/mol. The fraction of sp³-hybridized carbons (Fsp3) is 0.548. The van der Waals surface area contributed by atoms with E-state index >= 15 is 0 Å². The highest BCUT2D eigenvalue weighted by Gasteiger charge is 2.93. The number of aliphatic hydroxyl groups excluding tert-OH is 2. The van der Waals surface area contributed by atoms with Crippen LogP contribution in [0, 0.1) is 69.3 Å². The van der Waals surface area contributed by atoms with Crippen LogP contribution in [-0.2, 0) is 65.5 Å². The lowest BCUT2D eigenvalue weighted by atomic mass is 9.40. The van der Waals surface area contributed by atoms with Crippen molar-refractivity contribution in [2.75, 3.05) is 0 Å². The molecule has 1 aromatic heterocycles. The molecule has 0 radical (unpaired) electrons. The summed E-state index contributed by atoms with van der Waals surface area (Å²) in [6.07, 6.45) is -6.97. The highest BCUT2D eigenvalue weighted by Crippen LogP contribution is 2.81. The van der Waals surface area contributed by atoms with Gasteiger partial charge in [-0.05, 0) is 80.2 Å². The maximum atomic E-state index is 14.8. The van der Waals surface area contributed by atoms with Crippen LogP contribution in [0.2, 0.25) is 0 Å². The third-order valence-corrected chi connectivity index (χ3v) is 21.7. The van der Waals surface area contributed by atoms with Gasteiger partial charge in [0.25, 0.3) is 5.91 Å². The second-order valence-electron chi connectivity index (χ2n) is 26.2. The SMILES string of the molecule is CC(=O)O[C@H]1[C@H]2[C@@H]([C@@H](O)[C@@H](NC(=O)CCCn3cc(CNC(=O)c4ccc(-c5c6cc(F)c(=O)cc-6oc6cc(O)c(F)cc56)c(C(=O)O)c4)nn3)[C@H]3C[C@@H]4O[C@@H]4[C@H](OC(C)=O)[C@]23C)[C@@H]2[C@@H](O)[C@@H]3[C@H]([C@H](C)[C@H]4O[C@]45OC(=O)[C@@](C)(O)[C@]35C)[C@@]2(C)[C@H]1OC(C)=O. The molecule has 21 atom stereocenters. The fourth-order valence-electron chi connectivity index (χ4n) is 18.1. The number of nitrogens with zero attached hydrogens (tertiary/aromatic N) is 3. The zero-order valence-electron chi connectivity index (χ0n) is 49.3. The van der Waals surface area contributed by atoms with Gasteiger partial charge in [-0.25, -0.2) is 18.4 Å². The van der Waals surface area contributed by atoms with E-state index in [0.717, 1.165) is 30.3 Å². The van der Waals surface area contributed by atoms with Crippen LogP contribution in [0.15, 0.2) is 57.9 Å². The van der Waals surface area contributed by atoms with E-state index in [1.54, 1.807) is 13.8 Å². The van der Waals surface area contributed by atoms with Crippen molar-refractivity contribution >= 4 is 52.6 Å². The largest absolute Gasteiger partial charge is 0.505 e. The number of fused-ring (bicyclic) bond motifs is 11. The molecule has 4 aliphatic heterocycles. The number of phenols is 1. The van der Waals surface area contributed by atoms with Gasteiger partial charge in [-0.2, -0.15) is 0 Å². The predicted molar refractivity (Wildman–Crippen MR) is 296 cm³/mol. The molecule has 2 amide bonds. The van der Waals surface area contributed by atoms with Crippen LogP contribution in [-0.4, -0.2) is 148 Å². The molecule has 6 aliphatic carbocycles. The number of hydrogen-bond acceptors (Lipinski definition) is 21. The molecule has 5 heterocycles. The summed E-state index contributed by atoms with van der Waals surface area (Å²) < 4.78 is 74.0. The number of carbonyl (C=O) groups is 7.